The summed E-state index contributed by atoms with van der Waals surface area (Å²) in [6.45, 7) is 2.45. The summed E-state index contributed by atoms with van der Waals surface area (Å²) >= 11 is 6.27. The molecule has 2 aliphatic heterocycles. The van der Waals surface area contributed by atoms with Crippen molar-refractivity contribution in [1.82, 2.24) is 19.4 Å². The van der Waals surface area contributed by atoms with Gasteiger partial charge in [0, 0.05) is 45.8 Å². The molecule has 0 unspecified atom stereocenters. The lowest BCUT2D eigenvalue weighted by molar-refractivity contribution is -0.125. The molecule has 2 heterocycles. The molecular weight excluding hydrogens is 452 g/mol. The molecule has 1 aromatic carbocycles. The number of benzene rings is 1. The molecule has 1 atom stereocenters. The number of amides is 2. The van der Waals surface area contributed by atoms with Crippen LogP contribution < -0.4 is 5.32 Å². The lowest BCUT2D eigenvalue weighted by atomic mass is 10.0. The fourth-order valence-electron chi connectivity index (χ4n) is 4.62. The summed E-state index contributed by atoms with van der Waals surface area (Å²) in [6, 6.07) is 4.43. The van der Waals surface area contributed by atoms with Crippen LogP contribution in [0, 0.1) is 0 Å². The minimum Gasteiger partial charge on any atom is -0.351 e. The molecule has 8 nitrogen and oxygen atoms in total. The van der Waals surface area contributed by atoms with Gasteiger partial charge in [0.1, 0.15) is 6.04 Å². The van der Waals surface area contributed by atoms with Gasteiger partial charge in [-0.15, -0.1) is 0 Å². The van der Waals surface area contributed by atoms with Crippen molar-refractivity contribution < 1.29 is 18.0 Å². The molecule has 1 aromatic rings. The average molecular weight is 483 g/mol. The number of carbonyl (C=O) groups is 2. The van der Waals surface area contributed by atoms with Gasteiger partial charge < -0.3 is 15.1 Å². The Balaban J connectivity index is 1.45. The molecule has 176 valence electrons. The molecule has 0 spiro atoms. The number of rotatable bonds is 6. The van der Waals surface area contributed by atoms with Crippen LogP contribution in [-0.2, 0) is 14.8 Å². The van der Waals surface area contributed by atoms with Gasteiger partial charge in [-0.1, -0.05) is 11.6 Å². The molecule has 32 heavy (non-hydrogen) atoms. The number of nitrogens with one attached hydrogen (secondary N) is 1. The van der Waals surface area contributed by atoms with E-state index in [1.807, 2.05) is 0 Å². The number of likely N-dealkylation sites (tertiary alicyclic amines) is 2. The lowest BCUT2D eigenvalue weighted by Crippen LogP contribution is -2.51. The van der Waals surface area contributed by atoms with Crippen molar-refractivity contribution in [2.24, 2.45) is 0 Å². The Kier molecular flexibility index (Phi) is 6.81. The molecule has 0 bridgehead atoms. The minimum atomic E-state index is -3.71. The van der Waals surface area contributed by atoms with Crippen LogP contribution in [0.4, 0.5) is 0 Å². The van der Waals surface area contributed by atoms with E-state index in [0.29, 0.717) is 13.0 Å². The molecule has 10 heteroatoms. The first kappa shape index (κ1) is 23.5. The van der Waals surface area contributed by atoms with E-state index in [4.69, 9.17) is 11.6 Å². The van der Waals surface area contributed by atoms with Gasteiger partial charge in [-0.25, -0.2) is 12.7 Å². The molecule has 0 aromatic heterocycles. The summed E-state index contributed by atoms with van der Waals surface area (Å²) in [4.78, 5) is 30.4. The zero-order valence-corrected chi connectivity index (χ0v) is 20.2. The number of halogens is 1. The SMILES string of the molecule is CN(C)S(=O)(=O)c1ccc(Cl)c(C(=O)N2CCC[C@H]2C(=O)NC2CCN(C3CC3)CC2)c1. The fourth-order valence-corrected chi connectivity index (χ4v) is 5.75. The fraction of sp³-hybridized carbons (Fsp3) is 0.636. The van der Waals surface area contributed by atoms with E-state index in [1.165, 1.54) is 50.0 Å². The smallest absolute Gasteiger partial charge is 0.256 e. The van der Waals surface area contributed by atoms with E-state index in [9.17, 15) is 18.0 Å². The standard InChI is InChI=1S/C22H31ClN4O4S/c1-25(2)32(30,31)17-7-8-19(23)18(14-17)22(29)27-11-3-4-20(27)21(28)24-15-9-12-26(13-10-15)16-5-6-16/h7-8,14-16,20H,3-6,9-13H2,1-2H3,(H,24,28)/t20-/m0/s1. The highest BCUT2D eigenvalue weighted by atomic mass is 35.5. The number of sulfonamides is 1. The third-order valence-corrected chi connectivity index (χ3v) is 8.84. The Morgan fingerprint density at radius 3 is 2.38 bits per heavy atom. The van der Waals surface area contributed by atoms with Gasteiger partial charge in [0.15, 0.2) is 0 Å². The predicted octanol–water partition coefficient (Wildman–Crippen LogP) is 1.94. The van der Waals surface area contributed by atoms with Crippen LogP contribution in [0.15, 0.2) is 23.1 Å². The summed E-state index contributed by atoms with van der Waals surface area (Å²) in [5.74, 6) is -0.541. The first-order chi connectivity index (χ1) is 15.2. The lowest BCUT2D eigenvalue weighted by Gasteiger charge is -2.33. The third-order valence-electron chi connectivity index (χ3n) is 6.70. The first-order valence-corrected chi connectivity index (χ1v) is 13.1. The van der Waals surface area contributed by atoms with Gasteiger partial charge in [-0.3, -0.25) is 9.59 Å². The maximum atomic E-state index is 13.3. The second-order valence-corrected chi connectivity index (χ2v) is 11.7. The highest BCUT2D eigenvalue weighted by molar-refractivity contribution is 7.89. The number of piperidine rings is 1. The largest absolute Gasteiger partial charge is 0.351 e. The second kappa shape index (κ2) is 9.29. The Labute approximate surface area is 194 Å². The quantitative estimate of drug-likeness (QED) is 0.669. The monoisotopic (exact) mass is 482 g/mol. The summed E-state index contributed by atoms with van der Waals surface area (Å²) in [5.41, 5.74) is 0.104. The maximum Gasteiger partial charge on any atom is 0.256 e. The minimum absolute atomic E-state index is 0.00197. The Hall–Kier alpha value is -1.68. The Morgan fingerprint density at radius 1 is 1.06 bits per heavy atom. The van der Waals surface area contributed by atoms with Crippen molar-refractivity contribution in [2.75, 3.05) is 33.7 Å². The molecular formula is C22H31ClN4O4S. The number of nitrogens with zero attached hydrogens (tertiary/aromatic N) is 3. The molecule has 0 radical (unpaired) electrons. The summed E-state index contributed by atoms with van der Waals surface area (Å²) in [6.07, 6.45) is 5.74. The van der Waals surface area contributed by atoms with Crippen LogP contribution in [0.5, 0.6) is 0 Å². The summed E-state index contributed by atoms with van der Waals surface area (Å²) in [7, 11) is -0.844. The van der Waals surface area contributed by atoms with Crippen molar-refractivity contribution >= 4 is 33.4 Å². The van der Waals surface area contributed by atoms with E-state index in [1.54, 1.807) is 0 Å². The predicted molar refractivity (Wildman–Crippen MR) is 122 cm³/mol. The topological polar surface area (TPSA) is 90.0 Å². The summed E-state index contributed by atoms with van der Waals surface area (Å²) < 4.78 is 26.1. The highest BCUT2D eigenvalue weighted by Gasteiger charge is 2.37. The van der Waals surface area contributed by atoms with Crippen molar-refractivity contribution in [2.45, 2.75) is 61.5 Å². The second-order valence-electron chi connectivity index (χ2n) is 9.14. The average Bonchev–Trinajstić information content (AvgIpc) is 3.49. The van der Waals surface area contributed by atoms with E-state index in [2.05, 4.69) is 10.2 Å². The zero-order valence-electron chi connectivity index (χ0n) is 18.6. The van der Waals surface area contributed by atoms with E-state index >= 15 is 0 Å². The maximum absolute atomic E-state index is 13.3. The summed E-state index contributed by atoms with van der Waals surface area (Å²) in [5, 5.41) is 3.32. The zero-order chi connectivity index (χ0) is 23.0. The van der Waals surface area contributed by atoms with Gasteiger partial charge in [0.25, 0.3) is 5.91 Å². The number of hydrogen-bond acceptors (Lipinski definition) is 5. The molecule has 4 rings (SSSR count). The van der Waals surface area contributed by atoms with Crippen LogP contribution in [-0.4, -0.2) is 86.2 Å². The van der Waals surface area contributed by atoms with Gasteiger partial charge in [0.2, 0.25) is 15.9 Å². The first-order valence-electron chi connectivity index (χ1n) is 11.3. The van der Waals surface area contributed by atoms with Gasteiger partial charge in [0.05, 0.1) is 15.5 Å². The Bertz CT molecular complexity index is 988. The molecule has 1 N–H and O–H groups in total. The third kappa shape index (κ3) is 4.81. The van der Waals surface area contributed by atoms with Crippen LogP contribution in [0.2, 0.25) is 5.02 Å². The van der Waals surface area contributed by atoms with Crippen molar-refractivity contribution in [3.8, 4) is 0 Å². The number of hydrogen-bond donors (Lipinski definition) is 1. The molecule has 2 amide bonds. The normalized spacial score (nSPS) is 23.0. The molecule has 1 aliphatic carbocycles. The van der Waals surface area contributed by atoms with Crippen LogP contribution >= 0.6 is 11.6 Å². The molecule has 2 saturated heterocycles. The highest BCUT2D eigenvalue weighted by Crippen LogP contribution is 2.30. The van der Waals surface area contributed by atoms with E-state index < -0.39 is 22.0 Å². The van der Waals surface area contributed by atoms with Gasteiger partial charge in [-0.05, 0) is 56.7 Å². The molecule has 3 fully saturated rings. The van der Waals surface area contributed by atoms with Gasteiger partial charge in [-0.2, -0.15) is 0 Å². The van der Waals surface area contributed by atoms with Crippen LogP contribution in [0.25, 0.3) is 0 Å². The number of carbonyl (C=O) groups excluding carboxylic acids is 2. The van der Waals surface area contributed by atoms with E-state index in [-0.39, 0.29) is 27.4 Å². The van der Waals surface area contributed by atoms with Crippen molar-refractivity contribution in [3.05, 3.63) is 28.8 Å². The van der Waals surface area contributed by atoms with Gasteiger partial charge >= 0.3 is 0 Å². The Morgan fingerprint density at radius 2 is 1.75 bits per heavy atom. The van der Waals surface area contributed by atoms with Crippen molar-refractivity contribution in [3.63, 3.8) is 0 Å². The van der Waals surface area contributed by atoms with E-state index in [0.717, 1.165) is 42.7 Å². The molecule has 3 aliphatic rings. The van der Waals surface area contributed by atoms with Crippen LogP contribution in [0.1, 0.15) is 48.9 Å². The van der Waals surface area contributed by atoms with Crippen LogP contribution in [0.3, 0.4) is 0 Å². The molecule has 1 saturated carbocycles. The van der Waals surface area contributed by atoms with Crippen molar-refractivity contribution in [1.29, 1.82) is 0 Å².